The van der Waals surface area contributed by atoms with Crippen molar-refractivity contribution in [3.8, 4) is 0 Å². The first-order valence-electron chi connectivity index (χ1n) is 9.34. The van der Waals surface area contributed by atoms with Gasteiger partial charge in [0.2, 0.25) is 5.91 Å². The number of likely N-dealkylation sites (tertiary alicyclic amines) is 1. The highest BCUT2D eigenvalue weighted by atomic mass is 16.3. The van der Waals surface area contributed by atoms with Gasteiger partial charge in [0, 0.05) is 44.6 Å². The molecule has 1 aliphatic heterocycles. The maximum Gasteiger partial charge on any atom is 0.221 e. The number of aromatic nitrogens is 2. The molecule has 0 unspecified atom stereocenters. The van der Waals surface area contributed by atoms with E-state index >= 15 is 0 Å². The van der Waals surface area contributed by atoms with Crippen molar-refractivity contribution in [1.29, 1.82) is 0 Å². The maximum atomic E-state index is 11.1. The minimum absolute atomic E-state index is 0.0494. The first kappa shape index (κ1) is 17.2. The smallest absolute Gasteiger partial charge is 0.221 e. The van der Waals surface area contributed by atoms with Crippen LogP contribution in [0, 0.1) is 11.8 Å². The molecule has 1 aliphatic carbocycles. The normalized spacial score (nSPS) is 28.7. The molecule has 2 heterocycles. The number of carbonyl (C=O) groups excluding carboxylic acids is 1. The number of nitrogens with zero attached hydrogens (tertiary/aromatic N) is 3. The van der Waals surface area contributed by atoms with Gasteiger partial charge < -0.3 is 10.4 Å². The van der Waals surface area contributed by atoms with Crippen molar-refractivity contribution in [3.05, 3.63) is 48.3 Å². The van der Waals surface area contributed by atoms with Gasteiger partial charge in [-0.1, -0.05) is 12.1 Å². The molecule has 1 amide bonds. The molecule has 0 radical (unpaired) electrons. The third kappa shape index (κ3) is 3.66. The van der Waals surface area contributed by atoms with E-state index in [0.29, 0.717) is 11.8 Å². The molecule has 6 heteroatoms. The molecule has 138 valence electrons. The van der Waals surface area contributed by atoms with Crippen molar-refractivity contribution < 1.29 is 9.90 Å². The molecule has 0 bridgehead atoms. The van der Waals surface area contributed by atoms with Crippen molar-refractivity contribution >= 4 is 11.6 Å². The van der Waals surface area contributed by atoms with Gasteiger partial charge in [-0.3, -0.25) is 14.4 Å². The summed E-state index contributed by atoms with van der Waals surface area (Å²) in [5.41, 5.74) is 2.09. The van der Waals surface area contributed by atoms with Gasteiger partial charge in [0.15, 0.2) is 0 Å². The summed E-state index contributed by atoms with van der Waals surface area (Å²) in [4.78, 5) is 13.6. The third-order valence-electron chi connectivity index (χ3n) is 5.73. The van der Waals surface area contributed by atoms with E-state index < -0.39 is 0 Å². The molecule has 2 N–H and O–H groups in total. The van der Waals surface area contributed by atoms with Crippen LogP contribution >= 0.6 is 0 Å². The van der Waals surface area contributed by atoms with Crippen LogP contribution in [0.1, 0.15) is 31.4 Å². The molecule has 0 spiro atoms. The first-order chi connectivity index (χ1) is 12.6. The molecule has 2 aliphatic rings. The van der Waals surface area contributed by atoms with Crippen molar-refractivity contribution in [2.45, 2.75) is 38.5 Å². The van der Waals surface area contributed by atoms with E-state index in [-0.39, 0.29) is 18.1 Å². The fraction of sp³-hybridized carbons (Fsp3) is 0.500. The number of rotatable bonds is 4. The molecule has 1 saturated heterocycles. The molecule has 4 atom stereocenters. The Morgan fingerprint density at radius 3 is 2.62 bits per heavy atom. The minimum Gasteiger partial charge on any atom is -0.391 e. The summed E-state index contributed by atoms with van der Waals surface area (Å²) < 4.78 is 1.92. The molecule has 6 nitrogen and oxygen atoms in total. The molecule has 1 aromatic carbocycles. The molecule has 1 aromatic heterocycles. The van der Waals surface area contributed by atoms with Gasteiger partial charge in [-0.2, -0.15) is 5.10 Å². The summed E-state index contributed by atoms with van der Waals surface area (Å²) in [6.07, 6.45) is 5.27. The largest absolute Gasteiger partial charge is 0.391 e. The van der Waals surface area contributed by atoms with Crippen LogP contribution in [0.25, 0.3) is 0 Å². The van der Waals surface area contributed by atoms with Crippen molar-refractivity contribution in [3.63, 3.8) is 0 Å². The molecule has 2 aromatic rings. The lowest BCUT2D eigenvalue weighted by Gasteiger charge is -2.35. The van der Waals surface area contributed by atoms with Crippen LogP contribution in [0.2, 0.25) is 0 Å². The van der Waals surface area contributed by atoms with Crippen molar-refractivity contribution in [2.24, 2.45) is 11.8 Å². The topological polar surface area (TPSA) is 70.4 Å². The molecular formula is C20H26N4O2. The summed E-state index contributed by atoms with van der Waals surface area (Å²) in [5.74, 6) is 1.13. The second-order valence-corrected chi connectivity index (χ2v) is 7.68. The number of aliphatic hydroxyl groups is 1. The zero-order valence-electron chi connectivity index (χ0n) is 15.1. The van der Waals surface area contributed by atoms with E-state index in [4.69, 9.17) is 0 Å². The standard InChI is InChI=1S/C20H26N4O2/c1-14(25)22-18-5-3-15(4-6-18)11-23-12-16-9-19(24-8-2-7-21-24)20(26)10-17(16)13-23/h2-8,16-17,19-20,26H,9-13H2,1H3,(H,22,25)/t16-,17+,19-,20-/m1/s1. The molecule has 4 rings (SSSR count). The molecular weight excluding hydrogens is 328 g/mol. The number of fused-ring (bicyclic) bond motifs is 1. The van der Waals surface area contributed by atoms with Gasteiger partial charge in [0.1, 0.15) is 0 Å². The number of amides is 1. The van der Waals surface area contributed by atoms with E-state index in [1.165, 1.54) is 12.5 Å². The van der Waals surface area contributed by atoms with Crippen LogP contribution in [-0.2, 0) is 11.3 Å². The van der Waals surface area contributed by atoms with Gasteiger partial charge in [0.05, 0.1) is 12.1 Å². The van der Waals surface area contributed by atoms with E-state index in [2.05, 4.69) is 27.4 Å². The lowest BCUT2D eigenvalue weighted by Crippen LogP contribution is -2.36. The predicted molar refractivity (Wildman–Crippen MR) is 99.5 cm³/mol. The van der Waals surface area contributed by atoms with Gasteiger partial charge >= 0.3 is 0 Å². The van der Waals surface area contributed by atoms with Crippen LogP contribution in [-0.4, -0.2) is 44.9 Å². The zero-order chi connectivity index (χ0) is 18.1. The Bertz CT molecular complexity index is 744. The highest BCUT2D eigenvalue weighted by molar-refractivity contribution is 5.88. The molecule has 26 heavy (non-hydrogen) atoms. The fourth-order valence-electron chi connectivity index (χ4n) is 4.55. The predicted octanol–water partition coefficient (Wildman–Crippen LogP) is 2.29. The fourth-order valence-corrected chi connectivity index (χ4v) is 4.55. The van der Waals surface area contributed by atoms with Gasteiger partial charge in [-0.15, -0.1) is 0 Å². The van der Waals surface area contributed by atoms with Gasteiger partial charge in [-0.05, 0) is 48.4 Å². The SMILES string of the molecule is CC(=O)Nc1ccc(CN2C[C@H]3C[C@@H](n4cccn4)[C@H](O)C[C@H]3C2)cc1. The van der Waals surface area contributed by atoms with Crippen molar-refractivity contribution in [1.82, 2.24) is 14.7 Å². The Balaban J connectivity index is 1.37. The van der Waals surface area contributed by atoms with Crippen LogP contribution in [0.4, 0.5) is 5.69 Å². The van der Waals surface area contributed by atoms with Gasteiger partial charge in [0.25, 0.3) is 0 Å². The number of aliphatic hydroxyl groups excluding tert-OH is 1. The second kappa shape index (κ2) is 7.21. The Hall–Kier alpha value is -2.18. The van der Waals surface area contributed by atoms with E-state index in [9.17, 15) is 9.90 Å². The number of carbonyl (C=O) groups is 1. The number of anilines is 1. The summed E-state index contributed by atoms with van der Waals surface area (Å²) in [7, 11) is 0. The third-order valence-corrected chi connectivity index (χ3v) is 5.73. The zero-order valence-corrected chi connectivity index (χ0v) is 15.1. The lowest BCUT2D eigenvalue weighted by molar-refractivity contribution is -0.114. The van der Waals surface area contributed by atoms with Crippen molar-refractivity contribution in [2.75, 3.05) is 18.4 Å². The Kier molecular flexibility index (Phi) is 4.78. The van der Waals surface area contributed by atoms with Crippen LogP contribution < -0.4 is 5.32 Å². The summed E-state index contributed by atoms with van der Waals surface area (Å²) >= 11 is 0. The van der Waals surface area contributed by atoms with E-state index in [1.54, 1.807) is 6.20 Å². The number of nitrogens with one attached hydrogen (secondary N) is 1. The number of hydrogen-bond donors (Lipinski definition) is 2. The first-order valence-corrected chi connectivity index (χ1v) is 9.34. The average Bonchev–Trinajstić information content (AvgIpc) is 3.24. The second-order valence-electron chi connectivity index (χ2n) is 7.68. The highest BCUT2D eigenvalue weighted by Gasteiger charge is 2.42. The Labute approximate surface area is 153 Å². The number of benzene rings is 1. The Morgan fingerprint density at radius 2 is 1.96 bits per heavy atom. The maximum absolute atomic E-state index is 11.1. The van der Waals surface area contributed by atoms with Crippen LogP contribution in [0.3, 0.4) is 0 Å². The number of hydrogen-bond acceptors (Lipinski definition) is 4. The highest BCUT2D eigenvalue weighted by Crippen LogP contribution is 2.41. The Morgan fingerprint density at radius 1 is 1.23 bits per heavy atom. The summed E-state index contributed by atoms with van der Waals surface area (Å²) in [6, 6.07) is 10.1. The van der Waals surface area contributed by atoms with E-state index in [0.717, 1.165) is 38.2 Å². The monoisotopic (exact) mass is 354 g/mol. The summed E-state index contributed by atoms with van der Waals surface area (Å²) in [6.45, 7) is 4.55. The lowest BCUT2D eigenvalue weighted by atomic mass is 9.77. The summed E-state index contributed by atoms with van der Waals surface area (Å²) in [5, 5.41) is 17.7. The van der Waals surface area contributed by atoms with E-state index in [1.807, 2.05) is 29.1 Å². The quantitative estimate of drug-likeness (QED) is 0.884. The molecule has 1 saturated carbocycles. The minimum atomic E-state index is -0.312. The average molecular weight is 354 g/mol. The van der Waals surface area contributed by atoms with Crippen LogP contribution in [0.15, 0.2) is 42.7 Å². The van der Waals surface area contributed by atoms with Crippen LogP contribution in [0.5, 0.6) is 0 Å². The molecule has 2 fully saturated rings. The van der Waals surface area contributed by atoms with Gasteiger partial charge in [-0.25, -0.2) is 0 Å².